The predicted octanol–water partition coefficient (Wildman–Crippen LogP) is 2.29. The molecule has 1 saturated heterocycles. The molecular weight excluding hydrogens is 352 g/mol. The molecule has 1 fully saturated rings. The Morgan fingerprint density at radius 2 is 1.85 bits per heavy atom. The predicted molar refractivity (Wildman–Crippen MR) is 95.6 cm³/mol. The molecule has 8 heteroatoms. The zero-order valence-electron chi connectivity index (χ0n) is 14.6. The van der Waals surface area contributed by atoms with Gasteiger partial charge in [0, 0.05) is 24.5 Å². The van der Waals surface area contributed by atoms with Gasteiger partial charge in [0.25, 0.3) is 11.8 Å². The Morgan fingerprint density at radius 1 is 1.07 bits per heavy atom. The Morgan fingerprint density at radius 3 is 2.52 bits per heavy atom. The van der Waals surface area contributed by atoms with Crippen molar-refractivity contribution in [3.05, 3.63) is 54.0 Å². The van der Waals surface area contributed by atoms with Gasteiger partial charge in [-0.1, -0.05) is 6.07 Å². The maximum atomic E-state index is 12.7. The minimum Gasteiger partial charge on any atom is -0.481 e. The largest absolute Gasteiger partial charge is 0.481 e. The van der Waals surface area contributed by atoms with Gasteiger partial charge in [0.05, 0.1) is 18.2 Å². The van der Waals surface area contributed by atoms with Crippen molar-refractivity contribution in [3.8, 4) is 0 Å². The number of benzene rings is 1. The van der Waals surface area contributed by atoms with Crippen LogP contribution in [-0.4, -0.2) is 41.6 Å². The van der Waals surface area contributed by atoms with Gasteiger partial charge in [0.1, 0.15) is 0 Å². The number of amides is 2. The van der Waals surface area contributed by atoms with Crippen LogP contribution in [0.25, 0.3) is 0 Å². The molecule has 1 aliphatic heterocycles. The smallest absolute Gasteiger partial charge is 0.305 e. The highest BCUT2D eigenvalue weighted by molar-refractivity contribution is 6.03. The van der Waals surface area contributed by atoms with E-state index in [9.17, 15) is 19.5 Å². The number of aliphatic carboxylic acids is 1. The van der Waals surface area contributed by atoms with Crippen molar-refractivity contribution < 1.29 is 28.6 Å². The summed E-state index contributed by atoms with van der Waals surface area (Å²) in [5.41, 5.74) is -0.0824. The minimum atomic E-state index is -0.975. The van der Waals surface area contributed by atoms with Gasteiger partial charge >= 0.3 is 5.97 Å². The SMILES string of the molecule is O=C(O)CC1(NC(=O)c2cccc(NC(=O)c3ccco3)c2)CCOCC1. The van der Waals surface area contributed by atoms with Gasteiger partial charge in [-0.05, 0) is 43.2 Å². The average molecular weight is 372 g/mol. The standard InChI is InChI=1S/C19H20N2O6/c22-16(23)12-19(6-9-26-10-7-19)21-17(24)13-3-1-4-14(11-13)20-18(25)15-5-2-8-27-15/h1-5,8,11H,6-7,9-10,12H2,(H,20,25)(H,21,24)(H,22,23). The second kappa shape index (κ2) is 8.05. The molecule has 0 atom stereocenters. The Bertz CT molecular complexity index is 824. The molecule has 142 valence electrons. The van der Waals surface area contributed by atoms with E-state index in [1.807, 2.05) is 0 Å². The second-order valence-corrected chi connectivity index (χ2v) is 6.43. The van der Waals surface area contributed by atoms with E-state index < -0.39 is 23.3 Å². The quantitative estimate of drug-likeness (QED) is 0.716. The summed E-state index contributed by atoms with van der Waals surface area (Å²) in [6.07, 6.45) is 2.09. The highest BCUT2D eigenvalue weighted by Crippen LogP contribution is 2.25. The van der Waals surface area contributed by atoms with Gasteiger partial charge in [-0.25, -0.2) is 0 Å². The van der Waals surface area contributed by atoms with Gasteiger partial charge in [-0.3, -0.25) is 14.4 Å². The fraction of sp³-hybridized carbons (Fsp3) is 0.316. The number of carbonyl (C=O) groups excluding carboxylic acids is 2. The van der Waals surface area contributed by atoms with Crippen molar-refractivity contribution in [1.29, 1.82) is 0 Å². The molecule has 2 aromatic rings. The summed E-state index contributed by atoms with van der Waals surface area (Å²) in [6, 6.07) is 9.57. The van der Waals surface area contributed by atoms with Crippen molar-refractivity contribution in [2.45, 2.75) is 24.8 Å². The van der Waals surface area contributed by atoms with Crippen molar-refractivity contribution in [1.82, 2.24) is 5.32 Å². The second-order valence-electron chi connectivity index (χ2n) is 6.43. The van der Waals surface area contributed by atoms with Crippen LogP contribution >= 0.6 is 0 Å². The molecule has 0 bridgehead atoms. The van der Waals surface area contributed by atoms with E-state index >= 15 is 0 Å². The first-order valence-corrected chi connectivity index (χ1v) is 8.54. The fourth-order valence-electron chi connectivity index (χ4n) is 3.05. The Hall–Kier alpha value is -3.13. The summed E-state index contributed by atoms with van der Waals surface area (Å²) in [6.45, 7) is 0.791. The van der Waals surface area contributed by atoms with Gasteiger partial charge in [0.2, 0.25) is 0 Å². The molecule has 0 spiro atoms. The highest BCUT2D eigenvalue weighted by Gasteiger charge is 2.36. The first-order valence-electron chi connectivity index (χ1n) is 8.54. The van der Waals surface area contributed by atoms with Crippen LogP contribution in [0.2, 0.25) is 0 Å². The summed E-state index contributed by atoms with van der Waals surface area (Å²) in [5.74, 6) is -1.64. The molecular formula is C19H20N2O6. The lowest BCUT2D eigenvalue weighted by Gasteiger charge is -2.36. The Balaban J connectivity index is 1.72. The number of hydrogen-bond donors (Lipinski definition) is 3. The van der Waals surface area contributed by atoms with Crippen LogP contribution in [0.3, 0.4) is 0 Å². The van der Waals surface area contributed by atoms with Crippen LogP contribution < -0.4 is 10.6 Å². The van der Waals surface area contributed by atoms with E-state index in [-0.39, 0.29) is 12.2 Å². The van der Waals surface area contributed by atoms with Crippen LogP contribution in [0.1, 0.15) is 40.2 Å². The molecule has 2 heterocycles. The first kappa shape index (κ1) is 18.7. The maximum Gasteiger partial charge on any atom is 0.305 e. The highest BCUT2D eigenvalue weighted by atomic mass is 16.5. The number of carboxylic acids is 1. The maximum absolute atomic E-state index is 12.7. The summed E-state index contributed by atoms with van der Waals surface area (Å²) in [5, 5.41) is 14.7. The van der Waals surface area contributed by atoms with Crippen LogP contribution in [0.5, 0.6) is 0 Å². The van der Waals surface area contributed by atoms with E-state index in [0.29, 0.717) is 37.3 Å². The van der Waals surface area contributed by atoms with Crippen LogP contribution in [0, 0.1) is 0 Å². The normalized spacial score (nSPS) is 15.7. The molecule has 2 amide bonds. The molecule has 0 saturated carbocycles. The van der Waals surface area contributed by atoms with Gasteiger partial charge in [0.15, 0.2) is 5.76 Å². The number of furan rings is 1. The molecule has 0 radical (unpaired) electrons. The fourth-order valence-corrected chi connectivity index (χ4v) is 3.05. The molecule has 0 unspecified atom stereocenters. The molecule has 1 aromatic heterocycles. The lowest BCUT2D eigenvalue weighted by Crippen LogP contribution is -2.53. The first-order chi connectivity index (χ1) is 13.0. The van der Waals surface area contributed by atoms with Gasteiger partial charge in [-0.2, -0.15) is 0 Å². The van der Waals surface area contributed by atoms with Crippen molar-refractivity contribution in [2.24, 2.45) is 0 Å². The zero-order chi connectivity index (χ0) is 19.3. The van der Waals surface area contributed by atoms with E-state index in [1.165, 1.54) is 18.4 Å². The third-order valence-corrected chi connectivity index (χ3v) is 4.45. The monoisotopic (exact) mass is 372 g/mol. The molecule has 0 aliphatic carbocycles. The summed E-state index contributed by atoms with van der Waals surface area (Å²) in [4.78, 5) is 36.0. The number of hydrogen-bond acceptors (Lipinski definition) is 5. The van der Waals surface area contributed by atoms with E-state index in [4.69, 9.17) is 9.15 Å². The molecule has 8 nitrogen and oxygen atoms in total. The van der Waals surface area contributed by atoms with E-state index in [0.717, 1.165) is 0 Å². The van der Waals surface area contributed by atoms with Crippen LogP contribution in [-0.2, 0) is 9.53 Å². The van der Waals surface area contributed by atoms with Crippen molar-refractivity contribution in [2.75, 3.05) is 18.5 Å². The van der Waals surface area contributed by atoms with Crippen LogP contribution in [0.15, 0.2) is 47.1 Å². The van der Waals surface area contributed by atoms with Crippen molar-refractivity contribution >= 4 is 23.5 Å². The number of carbonyl (C=O) groups is 3. The third kappa shape index (κ3) is 4.73. The van der Waals surface area contributed by atoms with Crippen LogP contribution in [0.4, 0.5) is 5.69 Å². The Kier molecular flexibility index (Phi) is 5.56. The molecule has 1 aliphatic rings. The zero-order valence-corrected chi connectivity index (χ0v) is 14.6. The molecule has 3 rings (SSSR count). The minimum absolute atomic E-state index is 0.160. The average Bonchev–Trinajstić information content (AvgIpc) is 3.17. The number of carboxylic acid groups (broad SMARTS) is 1. The molecule has 1 aromatic carbocycles. The lowest BCUT2D eigenvalue weighted by atomic mass is 9.86. The molecule has 27 heavy (non-hydrogen) atoms. The van der Waals surface area contributed by atoms with Crippen molar-refractivity contribution in [3.63, 3.8) is 0 Å². The van der Waals surface area contributed by atoms with E-state index in [2.05, 4.69) is 10.6 Å². The topological polar surface area (TPSA) is 118 Å². The summed E-state index contributed by atoms with van der Waals surface area (Å²) >= 11 is 0. The number of rotatable bonds is 6. The summed E-state index contributed by atoms with van der Waals surface area (Å²) in [7, 11) is 0. The van der Waals surface area contributed by atoms with E-state index in [1.54, 1.807) is 24.3 Å². The number of ether oxygens (including phenoxy) is 1. The van der Waals surface area contributed by atoms with Gasteiger partial charge in [-0.15, -0.1) is 0 Å². The third-order valence-electron chi connectivity index (χ3n) is 4.45. The Labute approximate surface area is 155 Å². The summed E-state index contributed by atoms with van der Waals surface area (Å²) < 4.78 is 10.3. The lowest BCUT2D eigenvalue weighted by molar-refractivity contribution is -0.139. The van der Waals surface area contributed by atoms with Gasteiger partial charge < -0.3 is 24.9 Å². The number of anilines is 1. The molecule has 3 N–H and O–H groups in total. The number of nitrogens with one attached hydrogen (secondary N) is 2.